The third-order valence-electron chi connectivity index (χ3n) is 4.24. The van der Waals surface area contributed by atoms with Gasteiger partial charge in [-0.1, -0.05) is 17.8 Å². The van der Waals surface area contributed by atoms with Crippen LogP contribution >= 0.6 is 11.8 Å². The first kappa shape index (κ1) is 18.9. The van der Waals surface area contributed by atoms with Gasteiger partial charge in [0.25, 0.3) is 0 Å². The van der Waals surface area contributed by atoms with E-state index in [1.165, 1.54) is 18.7 Å². The van der Waals surface area contributed by atoms with Gasteiger partial charge >= 0.3 is 7.12 Å². The van der Waals surface area contributed by atoms with Gasteiger partial charge in [-0.2, -0.15) is 0 Å². The molecule has 1 aromatic heterocycles. The van der Waals surface area contributed by atoms with Gasteiger partial charge in [0.05, 0.1) is 16.9 Å². The molecule has 0 saturated carbocycles. The molecule has 2 rings (SSSR count). The van der Waals surface area contributed by atoms with Crippen LogP contribution in [0.3, 0.4) is 0 Å². The van der Waals surface area contributed by atoms with E-state index in [-0.39, 0.29) is 5.12 Å². The Balaban J connectivity index is 2.33. The van der Waals surface area contributed by atoms with Crippen LogP contribution in [-0.4, -0.2) is 40.5 Å². The molecule has 1 fully saturated rings. The predicted molar refractivity (Wildman–Crippen MR) is 96.8 cm³/mol. The Hall–Kier alpha value is -1.44. The van der Waals surface area contributed by atoms with Gasteiger partial charge in [-0.15, -0.1) is 0 Å². The maximum Gasteiger partial charge on any atom is 0.491 e. The third-order valence-corrected chi connectivity index (χ3v) is 5.13. The van der Waals surface area contributed by atoms with Crippen LogP contribution < -0.4 is 0 Å². The minimum atomic E-state index is -0.552. The van der Waals surface area contributed by atoms with Gasteiger partial charge in [-0.3, -0.25) is 9.59 Å². The second kappa shape index (κ2) is 7.21. The lowest BCUT2D eigenvalue weighted by Gasteiger charge is -2.32. The fourth-order valence-corrected chi connectivity index (χ4v) is 2.75. The molecule has 1 aliphatic heterocycles. The number of rotatable bonds is 5. The van der Waals surface area contributed by atoms with Crippen molar-refractivity contribution in [3.63, 3.8) is 0 Å². The molecule has 0 bridgehead atoms. The zero-order valence-electron chi connectivity index (χ0n) is 14.7. The van der Waals surface area contributed by atoms with Gasteiger partial charge in [-0.05, 0) is 51.4 Å². The summed E-state index contributed by atoms with van der Waals surface area (Å²) < 4.78 is 12.1. The van der Waals surface area contributed by atoms with Crippen molar-refractivity contribution in [2.75, 3.05) is 5.75 Å². The Kier molecular flexibility index (Phi) is 5.68. The number of thioether (sulfide) groups is 1. The van der Waals surface area contributed by atoms with E-state index in [4.69, 9.17) is 9.31 Å². The topological polar surface area (TPSA) is 65.5 Å². The molecule has 0 unspecified atom stereocenters. The summed E-state index contributed by atoms with van der Waals surface area (Å²) in [5.74, 6) is 0.444. The molecule has 1 aliphatic rings. The van der Waals surface area contributed by atoms with Crippen LogP contribution in [-0.2, 0) is 14.1 Å². The summed E-state index contributed by atoms with van der Waals surface area (Å²) in [4.78, 5) is 26.5. The summed E-state index contributed by atoms with van der Waals surface area (Å²) in [6.07, 6.45) is 2.53. The standard InChI is InChI=1S/C17H22BNO4S/c1-12(21)24-11-13(9-14-7-6-8-15(10-20)19-14)18-22-16(2,3)17(4,5)23-18/h6-10H,11H2,1-5H3. The van der Waals surface area contributed by atoms with Crippen molar-refractivity contribution in [2.45, 2.75) is 45.8 Å². The van der Waals surface area contributed by atoms with Gasteiger partial charge in [0, 0.05) is 12.7 Å². The number of pyridine rings is 1. The lowest BCUT2D eigenvalue weighted by atomic mass is 9.78. The van der Waals surface area contributed by atoms with E-state index in [1.807, 2.05) is 33.8 Å². The second-order valence-electron chi connectivity index (χ2n) is 6.69. The molecular weight excluding hydrogens is 325 g/mol. The van der Waals surface area contributed by atoms with Crippen LogP contribution in [0.1, 0.15) is 50.8 Å². The molecule has 1 aromatic rings. The normalized spacial score (nSPS) is 19.4. The summed E-state index contributed by atoms with van der Waals surface area (Å²) in [7, 11) is -0.552. The SMILES string of the molecule is CC(=O)SCC(=Cc1cccc(C=O)n1)B1OC(C)(C)C(C)(C)O1. The first-order chi connectivity index (χ1) is 11.1. The Morgan fingerprint density at radius 1 is 1.21 bits per heavy atom. The molecule has 7 heteroatoms. The van der Waals surface area contributed by atoms with Gasteiger partial charge in [0.1, 0.15) is 5.69 Å². The monoisotopic (exact) mass is 347 g/mol. The number of hydrogen-bond donors (Lipinski definition) is 0. The van der Waals surface area contributed by atoms with Crippen LogP contribution in [0, 0.1) is 0 Å². The lowest BCUT2D eigenvalue weighted by molar-refractivity contribution is -0.109. The molecular formula is C17H22BNO4S. The highest BCUT2D eigenvalue weighted by molar-refractivity contribution is 8.13. The first-order valence-corrected chi connectivity index (χ1v) is 8.75. The maximum absolute atomic E-state index is 11.4. The minimum absolute atomic E-state index is 0.0204. The minimum Gasteiger partial charge on any atom is -0.400 e. The molecule has 0 aliphatic carbocycles. The largest absolute Gasteiger partial charge is 0.491 e. The molecule has 128 valence electrons. The maximum atomic E-state index is 11.4. The molecule has 0 atom stereocenters. The van der Waals surface area contributed by atoms with Crippen LogP contribution in [0.5, 0.6) is 0 Å². The van der Waals surface area contributed by atoms with Crippen molar-refractivity contribution in [1.29, 1.82) is 0 Å². The van der Waals surface area contributed by atoms with Crippen molar-refractivity contribution in [2.24, 2.45) is 0 Å². The highest BCUT2D eigenvalue weighted by atomic mass is 32.2. The zero-order chi connectivity index (χ0) is 18.0. The van der Waals surface area contributed by atoms with Gasteiger partial charge in [0.15, 0.2) is 11.4 Å². The van der Waals surface area contributed by atoms with Crippen molar-refractivity contribution in [3.05, 3.63) is 35.1 Å². The average Bonchev–Trinajstić information content (AvgIpc) is 2.71. The Bertz CT molecular complexity index is 656. The highest BCUT2D eigenvalue weighted by Crippen LogP contribution is 2.39. The predicted octanol–water partition coefficient (Wildman–Crippen LogP) is 3.19. The molecule has 0 spiro atoms. The van der Waals surface area contributed by atoms with Crippen molar-refractivity contribution >= 4 is 36.4 Å². The van der Waals surface area contributed by atoms with Crippen molar-refractivity contribution in [3.8, 4) is 0 Å². The molecule has 0 radical (unpaired) electrons. The molecule has 2 heterocycles. The van der Waals surface area contributed by atoms with Crippen molar-refractivity contribution in [1.82, 2.24) is 4.98 Å². The quantitative estimate of drug-likeness (QED) is 0.602. The van der Waals surface area contributed by atoms with E-state index in [0.29, 0.717) is 23.4 Å². The van der Waals surface area contributed by atoms with Crippen molar-refractivity contribution < 1.29 is 18.9 Å². The van der Waals surface area contributed by atoms with Crippen LogP contribution in [0.4, 0.5) is 0 Å². The zero-order valence-corrected chi connectivity index (χ0v) is 15.5. The highest BCUT2D eigenvalue weighted by Gasteiger charge is 2.52. The van der Waals surface area contributed by atoms with Crippen LogP contribution in [0.15, 0.2) is 23.7 Å². The van der Waals surface area contributed by atoms with E-state index in [9.17, 15) is 9.59 Å². The average molecular weight is 347 g/mol. The third kappa shape index (κ3) is 4.34. The van der Waals surface area contributed by atoms with Gasteiger partial charge in [-0.25, -0.2) is 4.98 Å². The molecule has 24 heavy (non-hydrogen) atoms. The van der Waals surface area contributed by atoms with E-state index >= 15 is 0 Å². The van der Waals surface area contributed by atoms with Gasteiger partial charge < -0.3 is 9.31 Å². The fraction of sp³-hybridized carbons (Fsp3) is 0.471. The smallest absolute Gasteiger partial charge is 0.400 e. The number of carbonyl (C=O) groups is 2. The molecule has 0 amide bonds. The lowest BCUT2D eigenvalue weighted by Crippen LogP contribution is -2.41. The first-order valence-electron chi connectivity index (χ1n) is 7.76. The Labute approximate surface area is 147 Å². The fourth-order valence-electron chi connectivity index (χ4n) is 2.16. The molecule has 0 aromatic carbocycles. The Morgan fingerprint density at radius 2 is 1.79 bits per heavy atom. The summed E-state index contributed by atoms with van der Waals surface area (Å²) >= 11 is 1.19. The Morgan fingerprint density at radius 3 is 2.33 bits per heavy atom. The van der Waals surface area contributed by atoms with E-state index < -0.39 is 18.3 Å². The van der Waals surface area contributed by atoms with Crippen LogP contribution in [0.25, 0.3) is 6.08 Å². The number of carbonyl (C=O) groups excluding carboxylic acids is 2. The summed E-state index contributed by atoms with van der Waals surface area (Å²) in [6, 6.07) is 5.21. The molecule has 0 N–H and O–H groups in total. The number of nitrogens with zero attached hydrogens (tertiary/aromatic N) is 1. The summed E-state index contributed by atoms with van der Waals surface area (Å²) in [5, 5.41) is 0.0204. The number of aromatic nitrogens is 1. The van der Waals surface area contributed by atoms with E-state index in [2.05, 4.69) is 4.98 Å². The van der Waals surface area contributed by atoms with E-state index in [0.717, 1.165) is 5.47 Å². The second-order valence-corrected chi connectivity index (χ2v) is 7.85. The number of aldehydes is 1. The summed E-state index contributed by atoms with van der Waals surface area (Å²) in [6.45, 7) is 9.45. The van der Waals surface area contributed by atoms with Gasteiger partial charge in [0.2, 0.25) is 0 Å². The van der Waals surface area contributed by atoms with E-state index in [1.54, 1.807) is 18.2 Å². The number of hydrogen-bond acceptors (Lipinski definition) is 6. The molecule has 5 nitrogen and oxygen atoms in total. The van der Waals surface area contributed by atoms with Crippen LogP contribution in [0.2, 0.25) is 0 Å². The molecule has 1 saturated heterocycles. The summed E-state index contributed by atoms with van der Waals surface area (Å²) in [5.41, 5.74) is 0.875.